The van der Waals surface area contributed by atoms with Gasteiger partial charge in [0, 0.05) is 26.2 Å². The van der Waals surface area contributed by atoms with E-state index in [1.807, 2.05) is 0 Å². The van der Waals surface area contributed by atoms with Crippen molar-refractivity contribution in [1.29, 1.82) is 0 Å². The standard InChI is InChI=1S/C10H20NO2/c1-9(2)6-11-7-10(13,8-11)4-3-5-12/h12-13H,3-8H2,1-2H3. The van der Waals surface area contributed by atoms with E-state index in [1.54, 1.807) is 0 Å². The lowest BCUT2D eigenvalue weighted by molar-refractivity contribution is -0.103. The van der Waals surface area contributed by atoms with Crippen LogP contribution in [-0.2, 0) is 0 Å². The third kappa shape index (κ3) is 3.25. The molecule has 1 rings (SSSR count). The minimum absolute atomic E-state index is 0.182. The SMILES string of the molecule is C[C](C)CN1CC(O)(CCCO)C1. The summed E-state index contributed by atoms with van der Waals surface area (Å²) >= 11 is 0. The molecule has 0 bridgehead atoms. The van der Waals surface area contributed by atoms with Crippen molar-refractivity contribution < 1.29 is 10.2 Å². The molecule has 1 aliphatic heterocycles. The second-order valence-corrected chi connectivity index (χ2v) is 4.40. The lowest BCUT2D eigenvalue weighted by atomic mass is 9.88. The summed E-state index contributed by atoms with van der Waals surface area (Å²) in [4.78, 5) is 2.23. The Kier molecular flexibility index (Phi) is 3.71. The minimum atomic E-state index is -0.516. The van der Waals surface area contributed by atoms with Gasteiger partial charge in [-0.05, 0) is 18.8 Å². The second kappa shape index (κ2) is 4.40. The molecule has 0 atom stereocenters. The number of hydrogen-bond acceptors (Lipinski definition) is 3. The van der Waals surface area contributed by atoms with Crippen molar-refractivity contribution in [3.05, 3.63) is 5.92 Å². The van der Waals surface area contributed by atoms with Crippen LogP contribution in [0.25, 0.3) is 0 Å². The lowest BCUT2D eigenvalue weighted by Crippen LogP contribution is -2.62. The summed E-state index contributed by atoms with van der Waals surface area (Å²) in [5.74, 6) is 1.38. The molecule has 3 heteroatoms. The van der Waals surface area contributed by atoms with E-state index in [2.05, 4.69) is 18.7 Å². The van der Waals surface area contributed by atoms with Crippen LogP contribution < -0.4 is 0 Å². The van der Waals surface area contributed by atoms with Gasteiger partial charge in [0.25, 0.3) is 0 Å². The monoisotopic (exact) mass is 186 g/mol. The predicted molar refractivity (Wildman–Crippen MR) is 52.3 cm³/mol. The van der Waals surface area contributed by atoms with Gasteiger partial charge in [-0.15, -0.1) is 0 Å². The molecule has 1 fully saturated rings. The molecule has 0 unspecified atom stereocenters. The Morgan fingerprint density at radius 3 is 2.46 bits per heavy atom. The van der Waals surface area contributed by atoms with E-state index < -0.39 is 5.60 Å². The molecule has 1 heterocycles. The predicted octanol–water partition coefficient (Wildman–Crippen LogP) is 0.420. The van der Waals surface area contributed by atoms with E-state index >= 15 is 0 Å². The summed E-state index contributed by atoms with van der Waals surface area (Å²) in [5.41, 5.74) is -0.516. The van der Waals surface area contributed by atoms with Crippen molar-refractivity contribution >= 4 is 0 Å². The molecular formula is C10H20NO2. The molecule has 2 N–H and O–H groups in total. The van der Waals surface area contributed by atoms with Gasteiger partial charge in [-0.3, -0.25) is 4.90 Å². The highest BCUT2D eigenvalue weighted by Crippen LogP contribution is 2.26. The summed E-state index contributed by atoms with van der Waals surface area (Å²) in [6.45, 7) is 6.90. The molecule has 0 aromatic rings. The third-order valence-corrected chi connectivity index (χ3v) is 2.38. The average molecular weight is 186 g/mol. The van der Waals surface area contributed by atoms with Gasteiger partial charge in [0.2, 0.25) is 0 Å². The Morgan fingerprint density at radius 1 is 1.38 bits per heavy atom. The second-order valence-electron chi connectivity index (χ2n) is 4.40. The highest BCUT2D eigenvalue weighted by atomic mass is 16.3. The van der Waals surface area contributed by atoms with Crippen molar-refractivity contribution in [2.45, 2.75) is 32.3 Å². The van der Waals surface area contributed by atoms with Crippen LogP contribution in [0.1, 0.15) is 26.7 Å². The number of likely N-dealkylation sites (tertiary alicyclic amines) is 1. The van der Waals surface area contributed by atoms with E-state index in [4.69, 9.17) is 5.11 Å². The van der Waals surface area contributed by atoms with Crippen LogP contribution in [0.5, 0.6) is 0 Å². The van der Waals surface area contributed by atoms with Gasteiger partial charge in [-0.2, -0.15) is 0 Å². The fraction of sp³-hybridized carbons (Fsp3) is 0.900. The van der Waals surface area contributed by atoms with Crippen LogP contribution in [-0.4, -0.2) is 47.0 Å². The molecule has 0 amide bonds. The maximum absolute atomic E-state index is 9.86. The van der Waals surface area contributed by atoms with Gasteiger partial charge in [-0.25, -0.2) is 0 Å². The topological polar surface area (TPSA) is 43.7 Å². The highest BCUT2D eigenvalue weighted by molar-refractivity contribution is 4.98. The molecule has 0 saturated carbocycles. The largest absolute Gasteiger partial charge is 0.396 e. The Labute approximate surface area is 80.4 Å². The van der Waals surface area contributed by atoms with Gasteiger partial charge in [0.1, 0.15) is 0 Å². The molecule has 3 nitrogen and oxygen atoms in total. The van der Waals surface area contributed by atoms with E-state index in [-0.39, 0.29) is 6.61 Å². The van der Waals surface area contributed by atoms with E-state index in [1.165, 1.54) is 5.92 Å². The van der Waals surface area contributed by atoms with Crippen molar-refractivity contribution in [3.63, 3.8) is 0 Å². The van der Waals surface area contributed by atoms with Crippen LogP contribution in [0.4, 0.5) is 0 Å². The number of hydrogen-bond donors (Lipinski definition) is 2. The van der Waals surface area contributed by atoms with E-state index in [9.17, 15) is 5.11 Å². The van der Waals surface area contributed by atoms with Gasteiger partial charge in [0.15, 0.2) is 0 Å². The van der Waals surface area contributed by atoms with E-state index in [0.29, 0.717) is 6.42 Å². The number of rotatable bonds is 5. The normalized spacial score (nSPS) is 21.9. The highest BCUT2D eigenvalue weighted by Gasteiger charge is 2.40. The van der Waals surface area contributed by atoms with Crippen LogP contribution in [0.2, 0.25) is 0 Å². The molecule has 0 spiro atoms. The van der Waals surface area contributed by atoms with Crippen LogP contribution >= 0.6 is 0 Å². The minimum Gasteiger partial charge on any atom is -0.396 e. The maximum Gasteiger partial charge on any atom is 0.0901 e. The molecule has 1 radical (unpaired) electrons. The summed E-state index contributed by atoms with van der Waals surface area (Å²) in [7, 11) is 0. The Balaban J connectivity index is 2.15. The molecule has 0 aromatic heterocycles. The molecule has 77 valence electrons. The lowest BCUT2D eigenvalue weighted by Gasteiger charge is -2.47. The van der Waals surface area contributed by atoms with Crippen LogP contribution in [0, 0.1) is 5.92 Å². The summed E-state index contributed by atoms with van der Waals surface area (Å²) < 4.78 is 0. The number of aliphatic hydroxyl groups is 2. The first-order valence-electron chi connectivity index (χ1n) is 4.90. The fourth-order valence-electron chi connectivity index (χ4n) is 1.91. The molecule has 1 saturated heterocycles. The number of β-amino-alcohol motifs (C(OH)–C–C–N with tert-alkyl or cyclic N) is 1. The molecule has 1 aliphatic rings. The van der Waals surface area contributed by atoms with Gasteiger partial charge in [0.05, 0.1) is 5.60 Å². The first-order chi connectivity index (χ1) is 6.06. The average Bonchev–Trinajstić information content (AvgIpc) is 1.97. The smallest absolute Gasteiger partial charge is 0.0901 e. The first-order valence-corrected chi connectivity index (χ1v) is 4.90. The van der Waals surface area contributed by atoms with Crippen LogP contribution in [0.15, 0.2) is 0 Å². The van der Waals surface area contributed by atoms with Gasteiger partial charge in [-0.1, -0.05) is 13.8 Å². The zero-order chi connectivity index (χ0) is 9.90. The number of nitrogens with zero attached hydrogens (tertiary/aromatic N) is 1. The van der Waals surface area contributed by atoms with Gasteiger partial charge >= 0.3 is 0 Å². The Morgan fingerprint density at radius 2 is 2.00 bits per heavy atom. The molecule has 0 aromatic carbocycles. The third-order valence-electron chi connectivity index (χ3n) is 2.38. The first kappa shape index (κ1) is 11.0. The van der Waals surface area contributed by atoms with Crippen molar-refractivity contribution in [2.75, 3.05) is 26.2 Å². The molecule has 13 heavy (non-hydrogen) atoms. The molecule has 0 aliphatic carbocycles. The number of aliphatic hydroxyl groups excluding tert-OH is 1. The summed E-state index contributed by atoms with van der Waals surface area (Å²) in [6, 6.07) is 0. The van der Waals surface area contributed by atoms with Crippen molar-refractivity contribution in [2.24, 2.45) is 0 Å². The van der Waals surface area contributed by atoms with Crippen molar-refractivity contribution in [1.82, 2.24) is 4.90 Å². The van der Waals surface area contributed by atoms with Gasteiger partial charge < -0.3 is 10.2 Å². The Bertz CT molecular complexity index is 153. The zero-order valence-corrected chi connectivity index (χ0v) is 8.58. The van der Waals surface area contributed by atoms with E-state index in [0.717, 1.165) is 26.1 Å². The molecular weight excluding hydrogens is 166 g/mol. The summed E-state index contributed by atoms with van der Waals surface area (Å²) in [5, 5.41) is 18.5. The van der Waals surface area contributed by atoms with Crippen molar-refractivity contribution in [3.8, 4) is 0 Å². The zero-order valence-electron chi connectivity index (χ0n) is 8.58. The summed E-state index contributed by atoms with van der Waals surface area (Å²) in [6.07, 6.45) is 1.43. The Hall–Kier alpha value is -0.120. The quantitative estimate of drug-likeness (QED) is 0.654. The maximum atomic E-state index is 9.86. The fourth-order valence-corrected chi connectivity index (χ4v) is 1.91. The van der Waals surface area contributed by atoms with Crippen LogP contribution in [0.3, 0.4) is 0 Å².